The zero-order chi connectivity index (χ0) is 14.0. The van der Waals surface area contributed by atoms with Gasteiger partial charge in [0.05, 0.1) is 6.10 Å². The SMILES string of the molecule is CN(C)CC1CC(O)CN1Cc1ccc(Br)cc1F. The van der Waals surface area contributed by atoms with Gasteiger partial charge >= 0.3 is 0 Å². The van der Waals surface area contributed by atoms with E-state index < -0.39 is 0 Å². The summed E-state index contributed by atoms with van der Waals surface area (Å²) in [5.41, 5.74) is 0.682. The van der Waals surface area contributed by atoms with Crippen molar-refractivity contribution in [1.82, 2.24) is 9.80 Å². The lowest BCUT2D eigenvalue weighted by molar-refractivity contribution is 0.168. The first-order valence-corrected chi connectivity index (χ1v) is 7.26. The number of likely N-dealkylation sites (tertiary alicyclic amines) is 1. The van der Waals surface area contributed by atoms with E-state index in [9.17, 15) is 9.50 Å². The molecule has 0 aromatic heterocycles. The Hall–Kier alpha value is -0.490. The third-order valence-electron chi connectivity index (χ3n) is 3.47. The molecule has 1 fully saturated rings. The van der Waals surface area contributed by atoms with Gasteiger partial charge in [-0.05, 0) is 32.6 Å². The van der Waals surface area contributed by atoms with Gasteiger partial charge in [0.1, 0.15) is 5.82 Å². The van der Waals surface area contributed by atoms with Crippen LogP contribution in [0.4, 0.5) is 4.39 Å². The summed E-state index contributed by atoms with van der Waals surface area (Å²) in [6.07, 6.45) is 0.458. The summed E-state index contributed by atoms with van der Waals surface area (Å²) in [5, 5.41) is 9.81. The van der Waals surface area contributed by atoms with Crippen molar-refractivity contribution < 1.29 is 9.50 Å². The summed E-state index contributed by atoms with van der Waals surface area (Å²) in [6, 6.07) is 5.43. The van der Waals surface area contributed by atoms with Crippen molar-refractivity contribution in [1.29, 1.82) is 0 Å². The van der Waals surface area contributed by atoms with Gasteiger partial charge < -0.3 is 10.0 Å². The molecule has 2 atom stereocenters. The molecular formula is C14H20BrFN2O. The number of hydrogen-bond donors (Lipinski definition) is 1. The highest BCUT2D eigenvalue weighted by atomic mass is 79.9. The molecule has 1 heterocycles. The molecule has 0 aliphatic carbocycles. The summed E-state index contributed by atoms with van der Waals surface area (Å²) in [4.78, 5) is 4.27. The monoisotopic (exact) mass is 330 g/mol. The third-order valence-corrected chi connectivity index (χ3v) is 3.96. The molecule has 0 spiro atoms. The van der Waals surface area contributed by atoms with Gasteiger partial charge in [-0.3, -0.25) is 4.90 Å². The van der Waals surface area contributed by atoms with Gasteiger partial charge in [-0.25, -0.2) is 4.39 Å². The highest BCUT2D eigenvalue weighted by Gasteiger charge is 2.31. The van der Waals surface area contributed by atoms with E-state index in [4.69, 9.17) is 0 Å². The maximum atomic E-state index is 13.9. The molecule has 0 saturated carbocycles. The number of rotatable bonds is 4. The molecule has 2 unspecified atom stereocenters. The van der Waals surface area contributed by atoms with Gasteiger partial charge in [-0.2, -0.15) is 0 Å². The summed E-state index contributed by atoms with van der Waals surface area (Å²) in [7, 11) is 4.03. The van der Waals surface area contributed by atoms with Crippen molar-refractivity contribution in [3.05, 3.63) is 34.1 Å². The molecule has 106 valence electrons. The van der Waals surface area contributed by atoms with Crippen molar-refractivity contribution in [2.75, 3.05) is 27.2 Å². The van der Waals surface area contributed by atoms with Gasteiger partial charge in [0, 0.05) is 35.7 Å². The second-order valence-corrected chi connectivity index (χ2v) is 6.39. The first kappa shape index (κ1) is 14.9. The van der Waals surface area contributed by atoms with E-state index in [0.29, 0.717) is 18.7 Å². The van der Waals surface area contributed by atoms with Crippen molar-refractivity contribution in [2.45, 2.75) is 25.1 Å². The number of halogens is 2. The Labute approximate surface area is 122 Å². The van der Waals surface area contributed by atoms with Crippen LogP contribution in [0.25, 0.3) is 0 Å². The summed E-state index contributed by atoms with van der Waals surface area (Å²) in [6.45, 7) is 2.05. The van der Waals surface area contributed by atoms with Crippen LogP contribution in [0.1, 0.15) is 12.0 Å². The molecule has 2 rings (SSSR count). The predicted molar refractivity (Wildman–Crippen MR) is 77.5 cm³/mol. The number of nitrogens with zero attached hydrogens (tertiary/aromatic N) is 2. The third kappa shape index (κ3) is 3.99. The lowest BCUT2D eigenvalue weighted by Gasteiger charge is -2.26. The van der Waals surface area contributed by atoms with Crippen LogP contribution in [0.3, 0.4) is 0 Å². The first-order chi connectivity index (χ1) is 8.95. The van der Waals surface area contributed by atoms with Crippen molar-refractivity contribution in [3.63, 3.8) is 0 Å². The first-order valence-electron chi connectivity index (χ1n) is 6.46. The molecule has 5 heteroatoms. The predicted octanol–water partition coefficient (Wildman–Crippen LogP) is 2.08. The minimum absolute atomic E-state index is 0.195. The Balaban J connectivity index is 2.07. The summed E-state index contributed by atoms with van der Waals surface area (Å²) < 4.78 is 14.6. The average molecular weight is 331 g/mol. The van der Waals surface area contributed by atoms with Crippen molar-refractivity contribution in [2.24, 2.45) is 0 Å². The van der Waals surface area contributed by atoms with E-state index in [1.165, 1.54) is 6.07 Å². The van der Waals surface area contributed by atoms with Crippen LogP contribution in [0.5, 0.6) is 0 Å². The summed E-state index contributed by atoms with van der Waals surface area (Å²) >= 11 is 3.26. The molecule has 1 aromatic carbocycles. The molecule has 1 saturated heterocycles. The Morgan fingerprint density at radius 2 is 2.21 bits per heavy atom. The Kier molecular flexibility index (Phi) is 4.95. The number of hydrogen-bond acceptors (Lipinski definition) is 3. The van der Waals surface area contributed by atoms with Gasteiger partial charge in [0.2, 0.25) is 0 Å². The molecule has 0 radical (unpaired) electrons. The normalized spacial score (nSPS) is 24.3. The number of aliphatic hydroxyl groups is 1. The van der Waals surface area contributed by atoms with E-state index in [0.717, 1.165) is 17.4 Å². The lowest BCUT2D eigenvalue weighted by Crippen LogP contribution is -2.37. The second kappa shape index (κ2) is 6.31. The largest absolute Gasteiger partial charge is 0.392 e. The molecule has 1 aliphatic rings. The van der Waals surface area contributed by atoms with Crippen LogP contribution in [0.15, 0.2) is 22.7 Å². The molecule has 3 nitrogen and oxygen atoms in total. The second-order valence-electron chi connectivity index (χ2n) is 5.47. The topological polar surface area (TPSA) is 26.7 Å². The molecule has 0 bridgehead atoms. The van der Waals surface area contributed by atoms with Crippen molar-refractivity contribution >= 4 is 15.9 Å². The van der Waals surface area contributed by atoms with Gasteiger partial charge in [0.15, 0.2) is 0 Å². The van der Waals surface area contributed by atoms with Crippen LogP contribution in [-0.4, -0.2) is 54.2 Å². The Bertz CT molecular complexity index is 441. The Morgan fingerprint density at radius 1 is 1.47 bits per heavy atom. The molecule has 1 N–H and O–H groups in total. The maximum Gasteiger partial charge on any atom is 0.128 e. The number of likely N-dealkylation sites (N-methyl/N-ethyl adjacent to an activating group) is 1. The van der Waals surface area contributed by atoms with E-state index >= 15 is 0 Å². The molecule has 1 aromatic rings. The smallest absolute Gasteiger partial charge is 0.128 e. The highest BCUT2D eigenvalue weighted by Crippen LogP contribution is 2.23. The molecule has 0 amide bonds. The van der Waals surface area contributed by atoms with Crippen LogP contribution < -0.4 is 0 Å². The maximum absolute atomic E-state index is 13.9. The number of β-amino-alcohol motifs (C(OH)–C–C–N with tert-alkyl or cyclic N) is 1. The van der Waals surface area contributed by atoms with E-state index in [1.54, 1.807) is 6.07 Å². The number of aliphatic hydroxyl groups excluding tert-OH is 1. The molecule has 1 aliphatic heterocycles. The molecular weight excluding hydrogens is 311 g/mol. The lowest BCUT2D eigenvalue weighted by atomic mass is 10.1. The van der Waals surface area contributed by atoms with Crippen molar-refractivity contribution in [3.8, 4) is 0 Å². The fourth-order valence-electron chi connectivity index (χ4n) is 2.63. The minimum Gasteiger partial charge on any atom is -0.392 e. The van der Waals surface area contributed by atoms with Gasteiger partial charge in [-0.15, -0.1) is 0 Å². The van der Waals surface area contributed by atoms with Crippen LogP contribution in [0, 0.1) is 5.82 Å². The zero-order valence-corrected chi connectivity index (χ0v) is 12.9. The van der Waals surface area contributed by atoms with E-state index in [2.05, 4.69) is 25.7 Å². The van der Waals surface area contributed by atoms with Crippen LogP contribution in [0.2, 0.25) is 0 Å². The summed E-state index contributed by atoms with van der Waals surface area (Å²) in [5.74, 6) is -0.195. The standard InChI is InChI=1S/C14H20BrFN2O/c1-17(2)8-12-6-13(19)9-18(12)7-10-3-4-11(15)5-14(10)16/h3-5,12-13,19H,6-9H2,1-2H3. The minimum atomic E-state index is -0.302. The highest BCUT2D eigenvalue weighted by molar-refractivity contribution is 9.10. The fourth-order valence-corrected chi connectivity index (χ4v) is 2.96. The molecule has 19 heavy (non-hydrogen) atoms. The van der Waals surface area contributed by atoms with Gasteiger partial charge in [0.25, 0.3) is 0 Å². The van der Waals surface area contributed by atoms with E-state index in [-0.39, 0.29) is 18.0 Å². The Morgan fingerprint density at radius 3 is 2.84 bits per heavy atom. The quantitative estimate of drug-likeness (QED) is 0.915. The average Bonchev–Trinajstić information content (AvgIpc) is 2.62. The fraction of sp³-hybridized carbons (Fsp3) is 0.571. The van der Waals surface area contributed by atoms with Crippen LogP contribution >= 0.6 is 15.9 Å². The van der Waals surface area contributed by atoms with E-state index in [1.807, 2.05) is 20.2 Å². The number of benzene rings is 1. The van der Waals surface area contributed by atoms with Gasteiger partial charge in [-0.1, -0.05) is 22.0 Å². The zero-order valence-electron chi connectivity index (χ0n) is 11.3. The van der Waals surface area contributed by atoms with Crippen LogP contribution in [-0.2, 0) is 6.54 Å².